The van der Waals surface area contributed by atoms with Gasteiger partial charge < -0.3 is 15.0 Å². The van der Waals surface area contributed by atoms with Gasteiger partial charge in [-0.05, 0) is 29.7 Å². The standard InChI is InChI=1S/C24H29F2N3O3/c1-17(2)22(18-7-4-3-5-8-18)27-21(30)16-28-11-13-29(14-12-28)23(31)19-9-6-10-20(15-19)32-24(25)26/h3-10,15,17,22,24H,11-14,16H2,1-2H3,(H,27,30)/t22-/m0/s1. The molecular formula is C24H29F2N3O3. The summed E-state index contributed by atoms with van der Waals surface area (Å²) in [6.45, 7) is 3.50. The van der Waals surface area contributed by atoms with E-state index in [1.165, 1.54) is 18.2 Å². The smallest absolute Gasteiger partial charge is 0.387 e. The lowest BCUT2D eigenvalue weighted by Gasteiger charge is -2.35. The van der Waals surface area contributed by atoms with Gasteiger partial charge in [-0.15, -0.1) is 0 Å². The minimum Gasteiger partial charge on any atom is -0.435 e. The summed E-state index contributed by atoms with van der Waals surface area (Å²) in [4.78, 5) is 29.1. The Kier molecular flexibility index (Phi) is 8.16. The van der Waals surface area contributed by atoms with Crippen LogP contribution >= 0.6 is 0 Å². The number of amides is 2. The van der Waals surface area contributed by atoms with Gasteiger partial charge in [-0.1, -0.05) is 50.2 Å². The van der Waals surface area contributed by atoms with E-state index in [1.54, 1.807) is 11.0 Å². The first kappa shape index (κ1) is 23.7. The lowest BCUT2D eigenvalue weighted by atomic mass is 9.96. The molecule has 1 atom stereocenters. The Labute approximate surface area is 187 Å². The van der Waals surface area contributed by atoms with Gasteiger partial charge in [0.1, 0.15) is 5.75 Å². The van der Waals surface area contributed by atoms with Crippen LogP contribution in [0.15, 0.2) is 54.6 Å². The van der Waals surface area contributed by atoms with Crippen LogP contribution in [0.1, 0.15) is 35.8 Å². The van der Waals surface area contributed by atoms with Gasteiger partial charge in [0.25, 0.3) is 5.91 Å². The minimum atomic E-state index is -2.94. The van der Waals surface area contributed by atoms with Crippen LogP contribution in [0.5, 0.6) is 5.75 Å². The monoisotopic (exact) mass is 445 g/mol. The number of piperazine rings is 1. The van der Waals surface area contributed by atoms with Crippen LogP contribution in [-0.4, -0.2) is 60.9 Å². The molecule has 1 aliphatic rings. The minimum absolute atomic E-state index is 0.0423. The quantitative estimate of drug-likeness (QED) is 0.675. The van der Waals surface area contributed by atoms with Gasteiger partial charge in [-0.3, -0.25) is 14.5 Å². The van der Waals surface area contributed by atoms with Crippen LogP contribution < -0.4 is 10.1 Å². The third kappa shape index (κ3) is 6.50. The molecule has 0 aliphatic carbocycles. The van der Waals surface area contributed by atoms with Crippen molar-refractivity contribution in [1.29, 1.82) is 0 Å². The molecule has 1 fully saturated rings. The summed E-state index contributed by atoms with van der Waals surface area (Å²) in [5, 5.41) is 3.13. The van der Waals surface area contributed by atoms with E-state index in [1.807, 2.05) is 35.2 Å². The Morgan fingerprint density at radius 3 is 2.31 bits per heavy atom. The van der Waals surface area contributed by atoms with Crippen LogP contribution in [0.3, 0.4) is 0 Å². The molecule has 1 aliphatic heterocycles. The molecule has 0 spiro atoms. The molecule has 32 heavy (non-hydrogen) atoms. The SMILES string of the molecule is CC(C)[C@H](NC(=O)CN1CCN(C(=O)c2cccc(OC(F)F)c2)CC1)c1ccccc1. The Balaban J connectivity index is 1.51. The highest BCUT2D eigenvalue weighted by molar-refractivity contribution is 5.94. The molecule has 0 saturated carbocycles. The normalized spacial score (nSPS) is 15.6. The lowest BCUT2D eigenvalue weighted by Crippen LogP contribution is -2.51. The summed E-state index contributed by atoms with van der Waals surface area (Å²) in [5.74, 6) is -0.0816. The maximum atomic E-state index is 12.7. The Morgan fingerprint density at radius 1 is 1.00 bits per heavy atom. The Morgan fingerprint density at radius 2 is 1.69 bits per heavy atom. The van der Waals surface area contributed by atoms with Gasteiger partial charge in [0.2, 0.25) is 5.91 Å². The van der Waals surface area contributed by atoms with Gasteiger partial charge in [0.05, 0.1) is 12.6 Å². The molecule has 2 aromatic carbocycles. The molecule has 8 heteroatoms. The highest BCUT2D eigenvalue weighted by Crippen LogP contribution is 2.21. The van der Waals surface area contributed by atoms with Gasteiger partial charge in [-0.2, -0.15) is 8.78 Å². The van der Waals surface area contributed by atoms with Crippen molar-refractivity contribution >= 4 is 11.8 Å². The predicted octanol–water partition coefficient (Wildman–Crippen LogP) is 3.56. The summed E-state index contributed by atoms with van der Waals surface area (Å²) in [7, 11) is 0. The van der Waals surface area contributed by atoms with Crippen molar-refractivity contribution < 1.29 is 23.1 Å². The number of hydrogen-bond donors (Lipinski definition) is 1. The average Bonchev–Trinajstić information content (AvgIpc) is 2.77. The van der Waals surface area contributed by atoms with E-state index in [0.29, 0.717) is 31.7 Å². The molecule has 0 radical (unpaired) electrons. The maximum Gasteiger partial charge on any atom is 0.387 e. The van der Waals surface area contributed by atoms with Crippen LogP contribution in [0.2, 0.25) is 0 Å². The zero-order valence-corrected chi connectivity index (χ0v) is 18.3. The zero-order valence-electron chi connectivity index (χ0n) is 18.3. The molecule has 3 rings (SSSR count). The number of carbonyl (C=O) groups is 2. The number of hydrogen-bond acceptors (Lipinski definition) is 4. The van der Waals surface area contributed by atoms with Crippen LogP contribution in [-0.2, 0) is 4.79 Å². The Hall–Kier alpha value is -3.00. The topological polar surface area (TPSA) is 61.9 Å². The van der Waals surface area contributed by atoms with Gasteiger partial charge in [0, 0.05) is 31.7 Å². The van der Waals surface area contributed by atoms with E-state index in [4.69, 9.17) is 0 Å². The lowest BCUT2D eigenvalue weighted by molar-refractivity contribution is -0.123. The molecule has 172 valence electrons. The second-order valence-corrected chi connectivity index (χ2v) is 8.17. The van der Waals surface area contributed by atoms with E-state index in [2.05, 4.69) is 23.9 Å². The molecule has 0 bridgehead atoms. The third-order valence-electron chi connectivity index (χ3n) is 5.47. The second kappa shape index (κ2) is 11.0. The summed E-state index contributed by atoms with van der Waals surface area (Å²) in [5.41, 5.74) is 1.38. The highest BCUT2D eigenvalue weighted by Gasteiger charge is 2.25. The molecular weight excluding hydrogens is 416 g/mol. The van der Waals surface area contributed by atoms with E-state index in [0.717, 1.165) is 5.56 Å². The number of rotatable bonds is 8. The average molecular weight is 446 g/mol. The molecule has 1 saturated heterocycles. The first-order valence-corrected chi connectivity index (χ1v) is 10.7. The fourth-order valence-corrected chi connectivity index (χ4v) is 3.81. The molecule has 2 amide bonds. The summed E-state index contributed by atoms with van der Waals surface area (Å²) in [6, 6.07) is 15.6. The summed E-state index contributed by atoms with van der Waals surface area (Å²) >= 11 is 0. The first-order chi connectivity index (χ1) is 15.3. The fraction of sp³-hybridized carbons (Fsp3) is 0.417. The van der Waals surface area contributed by atoms with E-state index in [9.17, 15) is 18.4 Å². The molecule has 6 nitrogen and oxygen atoms in total. The predicted molar refractivity (Wildman–Crippen MR) is 118 cm³/mol. The summed E-state index contributed by atoms with van der Waals surface area (Å²) < 4.78 is 29.2. The van der Waals surface area contributed by atoms with Crippen molar-refractivity contribution in [3.8, 4) is 5.75 Å². The molecule has 0 unspecified atom stereocenters. The largest absolute Gasteiger partial charge is 0.435 e. The van der Waals surface area contributed by atoms with Crippen molar-refractivity contribution in [2.45, 2.75) is 26.5 Å². The summed E-state index contributed by atoms with van der Waals surface area (Å²) in [6.07, 6.45) is 0. The second-order valence-electron chi connectivity index (χ2n) is 8.17. The first-order valence-electron chi connectivity index (χ1n) is 10.7. The number of nitrogens with one attached hydrogen (secondary N) is 1. The van der Waals surface area contributed by atoms with Crippen molar-refractivity contribution in [3.63, 3.8) is 0 Å². The van der Waals surface area contributed by atoms with Crippen LogP contribution in [0, 0.1) is 5.92 Å². The van der Waals surface area contributed by atoms with Crippen molar-refractivity contribution in [1.82, 2.24) is 15.1 Å². The number of alkyl halides is 2. The third-order valence-corrected chi connectivity index (χ3v) is 5.47. The van der Waals surface area contributed by atoms with Crippen LogP contribution in [0.25, 0.3) is 0 Å². The number of carbonyl (C=O) groups excluding carboxylic acids is 2. The Bertz CT molecular complexity index is 900. The zero-order chi connectivity index (χ0) is 23.1. The molecule has 2 aromatic rings. The van der Waals surface area contributed by atoms with E-state index in [-0.39, 0.29) is 36.1 Å². The van der Waals surface area contributed by atoms with Gasteiger partial charge >= 0.3 is 6.61 Å². The van der Waals surface area contributed by atoms with Crippen molar-refractivity contribution in [2.24, 2.45) is 5.92 Å². The van der Waals surface area contributed by atoms with Crippen LogP contribution in [0.4, 0.5) is 8.78 Å². The fourth-order valence-electron chi connectivity index (χ4n) is 3.81. The highest BCUT2D eigenvalue weighted by atomic mass is 19.3. The number of benzene rings is 2. The molecule has 0 aromatic heterocycles. The van der Waals surface area contributed by atoms with Gasteiger partial charge in [-0.25, -0.2) is 0 Å². The number of halogens is 2. The van der Waals surface area contributed by atoms with Crippen molar-refractivity contribution in [2.75, 3.05) is 32.7 Å². The number of ether oxygens (including phenoxy) is 1. The van der Waals surface area contributed by atoms with Crippen molar-refractivity contribution in [3.05, 3.63) is 65.7 Å². The molecule has 1 N–H and O–H groups in total. The van der Waals surface area contributed by atoms with E-state index < -0.39 is 6.61 Å². The van der Waals surface area contributed by atoms with E-state index >= 15 is 0 Å². The van der Waals surface area contributed by atoms with Gasteiger partial charge in [0.15, 0.2) is 0 Å². The number of nitrogens with zero attached hydrogens (tertiary/aromatic N) is 2. The maximum absolute atomic E-state index is 12.7. The molecule has 1 heterocycles.